The zero-order valence-electron chi connectivity index (χ0n) is 21.0. The highest BCUT2D eigenvalue weighted by Crippen LogP contribution is 2.39. The summed E-state index contributed by atoms with van der Waals surface area (Å²) in [6, 6.07) is 13.7. The lowest BCUT2D eigenvalue weighted by molar-refractivity contribution is -0.134. The molecule has 3 aromatic rings. The van der Waals surface area contributed by atoms with E-state index >= 15 is 0 Å². The Morgan fingerprint density at radius 2 is 1.89 bits per heavy atom. The van der Waals surface area contributed by atoms with Crippen LogP contribution in [0.4, 0.5) is 0 Å². The Labute approximate surface area is 222 Å². The van der Waals surface area contributed by atoms with Gasteiger partial charge in [0.1, 0.15) is 11.4 Å². The summed E-state index contributed by atoms with van der Waals surface area (Å²) in [7, 11) is 0. The lowest BCUT2D eigenvalue weighted by Crippen LogP contribution is -2.49. The Morgan fingerprint density at radius 3 is 2.70 bits per heavy atom. The zero-order chi connectivity index (χ0) is 25.8. The van der Waals surface area contributed by atoms with Crippen LogP contribution in [0.15, 0.2) is 42.5 Å². The molecule has 0 unspecified atom stereocenters. The Bertz CT molecular complexity index is 1280. The molecule has 2 aliphatic rings. The largest absolute Gasteiger partial charge is 0.493 e. The molecule has 0 bridgehead atoms. The maximum atomic E-state index is 13.4. The van der Waals surface area contributed by atoms with E-state index in [9.17, 15) is 14.7 Å². The molecule has 3 heterocycles. The number of halogens is 1. The number of nitrogens with one attached hydrogen (secondary N) is 2. The van der Waals surface area contributed by atoms with Gasteiger partial charge in [0.05, 0.1) is 12.0 Å². The third kappa shape index (κ3) is 5.63. The van der Waals surface area contributed by atoms with Crippen LogP contribution in [0.25, 0.3) is 10.9 Å². The lowest BCUT2D eigenvalue weighted by atomic mass is 9.73. The number of aromatic nitrogens is 1. The van der Waals surface area contributed by atoms with Gasteiger partial charge >= 0.3 is 5.97 Å². The minimum Gasteiger partial charge on any atom is -0.493 e. The van der Waals surface area contributed by atoms with Crippen molar-refractivity contribution in [3.05, 3.63) is 64.3 Å². The van der Waals surface area contributed by atoms with E-state index in [2.05, 4.69) is 27.3 Å². The molecule has 2 aliphatic heterocycles. The van der Waals surface area contributed by atoms with E-state index in [4.69, 9.17) is 16.3 Å². The summed E-state index contributed by atoms with van der Waals surface area (Å²) in [5.74, 6) is 0.129. The predicted molar refractivity (Wildman–Crippen MR) is 144 cm³/mol. The number of piperidine rings is 1. The van der Waals surface area contributed by atoms with Crippen LogP contribution in [-0.4, -0.2) is 53.1 Å². The number of hydrogen-bond donors (Lipinski definition) is 3. The van der Waals surface area contributed by atoms with Crippen LogP contribution in [0.3, 0.4) is 0 Å². The van der Waals surface area contributed by atoms with Gasteiger partial charge in [-0.3, -0.25) is 9.69 Å². The summed E-state index contributed by atoms with van der Waals surface area (Å²) >= 11 is 6.13. The molecule has 5 rings (SSSR count). The van der Waals surface area contributed by atoms with Crippen LogP contribution in [0.1, 0.15) is 60.1 Å². The number of ether oxygens (including phenoxy) is 1. The molecule has 1 amide bonds. The number of aromatic carboxylic acids is 1. The molecule has 3 N–H and O–H groups in total. The van der Waals surface area contributed by atoms with Crippen molar-refractivity contribution in [2.75, 3.05) is 26.2 Å². The molecular formula is C29H34ClN3O4. The number of carbonyl (C=O) groups is 2. The summed E-state index contributed by atoms with van der Waals surface area (Å²) < 4.78 is 5.99. The number of amides is 1. The summed E-state index contributed by atoms with van der Waals surface area (Å²) in [4.78, 5) is 30.7. The molecule has 37 heavy (non-hydrogen) atoms. The van der Waals surface area contributed by atoms with Crippen LogP contribution in [0.5, 0.6) is 5.75 Å². The van der Waals surface area contributed by atoms with Crippen molar-refractivity contribution in [3.63, 3.8) is 0 Å². The molecule has 1 fully saturated rings. The van der Waals surface area contributed by atoms with Crippen LogP contribution >= 0.6 is 11.6 Å². The molecule has 8 heteroatoms. The summed E-state index contributed by atoms with van der Waals surface area (Å²) in [5, 5.41) is 14.4. The monoisotopic (exact) mass is 523 g/mol. The molecule has 1 aromatic heterocycles. The molecule has 196 valence electrons. The summed E-state index contributed by atoms with van der Waals surface area (Å²) in [6.45, 7) is 3.21. The first kappa shape index (κ1) is 25.6. The third-order valence-corrected chi connectivity index (χ3v) is 8.18. The Balaban J connectivity index is 1.28. The second-order valence-electron chi connectivity index (χ2n) is 10.3. The van der Waals surface area contributed by atoms with Crippen LogP contribution in [0, 0.1) is 5.41 Å². The average Bonchev–Trinajstić information content (AvgIpc) is 3.25. The Hall–Kier alpha value is -3.03. The van der Waals surface area contributed by atoms with Crippen molar-refractivity contribution in [2.45, 2.75) is 51.5 Å². The first-order valence-corrected chi connectivity index (χ1v) is 13.6. The Morgan fingerprint density at radius 1 is 1.08 bits per heavy atom. The number of aryl methyl sites for hydroxylation is 1. The van der Waals surface area contributed by atoms with Gasteiger partial charge in [-0.25, -0.2) is 4.79 Å². The topological polar surface area (TPSA) is 94.7 Å². The maximum Gasteiger partial charge on any atom is 0.352 e. The minimum absolute atomic E-state index is 0.150. The van der Waals surface area contributed by atoms with E-state index in [0.717, 1.165) is 80.3 Å². The van der Waals surface area contributed by atoms with Crippen molar-refractivity contribution in [1.82, 2.24) is 15.2 Å². The van der Waals surface area contributed by atoms with Gasteiger partial charge < -0.3 is 20.1 Å². The van der Waals surface area contributed by atoms with Crippen LogP contribution < -0.4 is 10.1 Å². The van der Waals surface area contributed by atoms with Crippen molar-refractivity contribution in [3.8, 4) is 5.75 Å². The summed E-state index contributed by atoms with van der Waals surface area (Å²) in [5.41, 5.74) is 2.56. The fraction of sp³-hybridized carbons (Fsp3) is 0.448. The first-order chi connectivity index (χ1) is 17.9. The second-order valence-corrected chi connectivity index (χ2v) is 10.7. The number of likely N-dealkylation sites (tertiary alicyclic amines) is 1. The van der Waals surface area contributed by atoms with E-state index in [1.54, 1.807) is 12.1 Å². The van der Waals surface area contributed by atoms with Gasteiger partial charge in [0.15, 0.2) is 0 Å². The minimum atomic E-state index is -0.976. The molecule has 0 aliphatic carbocycles. The van der Waals surface area contributed by atoms with E-state index in [1.807, 2.05) is 18.2 Å². The van der Waals surface area contributed by atoms with Crippen LogP contribution in [0.2, 0.25) is 5.02 Å². The molecule has 1 spiro atoms. The fourth-order valence-electron chi connectivity index (χ4n) is 5.80. The highest BCUT2D eigenvalue weighted by molar-refractivity contribution is 6.31. The number of nitrogens with zero attached hydrogens (tertiary/aromatic N) is 1. The number of H-pyrrole nitrogens is 1. The standard InChI is InChI=1S/C29H34ClN3O4/c30-21-9-10-22-23(26(27(34)35)32-24(22)18-21)19-33-15-12-29(13-16-33)11-4-3-7-20-6-1-2-8-25(20)37-17-5-14-31-28(29)36/h1-2,6,8-10,18,32H,3-5,7,11-17,19H2,(H,31,36)(H,34,35). The van der Waals surface area contributed by atoms with E-state index in [-0.39, 0.29) is 17.0 Å². The van der Waals surface area contributed by atoms with Gasteiger partial charge in [-0.1, -0.05) is 42.3 Å². The highest BCUT2D eigenvalue weighted by atomic mass is 35.5. The van der Waals surface area contributed by atoms with Crippen molar-refractivity contribution in [1.29, 1.82) is 0 Å². The van der Waals surface area contributed by atoms with Gasteiger partial charge in [0, 0.05) is 34.6 Å². The highest BCUT2D eigenvalue weighted by Gasteiger charge is 2.41. The van der Waals surface area contributed by atoms with E-state index in [0.29, 0.717) is 24.7 Å². The summed E-state index contributed by atoms with van der Waals surface area (Å²) in [6.07, 6.45) is 6.10. The number of carboxylic acid groups (broad SMARTS) is 1. The smallest absolute Gasteiger partial charge is 0.352 e. The van der Waals surface area contributed by atoms with Gasteiger partial charge in [0.25, 0.3) is 0 Å². The number of para-hydroxylation sites is 1. The zero-order valence-corrected chi connectivity index (χ0v) is 21.8. The van der Waals surface area contributed by atoms with Crippen molar-refractivity contribution >= 4 is 34.4 Å². The van der Waals surface area contributed by atoms with Crippen LogP contribution in [-0.2, 0) is 17.8 Å². The van der Waals surface area contributed by atoms with Gasteiger partial charge in [-0.15, -0.1) is 0 Å². The number of rotatable bonds is 3. The number of benzene rings is 2. The normalized spacial score (nSPS) is 19.2. The van der Waals surface area contributed by atoms with Crippen molar-refractivity contribution in [2.24, 2.45) is 5.41 Å². The van der Waals surface area contributed by atoms with Gasteiger partial charge in [-0.05, 0) is 75.4 Å². The second kappa shape index (κ2) is 11.2. The van der Waals surface area contributed by atoms with Gasteiger partial charge in [0.2, 0.25) is 5.91 Å². The lowest BCUT2D eigenvalue weighted by Gasteiger charge is -2.41. The third-order valence-electron chi connectivity index (χ3n) is 7.95. The number of fused-ring (bicyclic) bond motifs is 2. The number of carboxylic acids is 1. The van der Waals surface area contributed by atoms with Gasteiger partial charge in [-0.2, -0.15) is 0 Å². The van der Waals surface area contributed by atoms with E-state index in [1.165, 1.54) is 5.56 Å². The number of carbonyl (C=O) groups excluding carboxylic acids is 1. The molecule has 7 nitrogen and oxygen atoms in total. The fourth-order valence-corrected chi connectivity index (χ4v) is 5.97. The average molecular weight is 524 g/mol. The first-order valence-electron chi connectivity index (χ1n) is 13.2. The van der Waals surface area contributed by atoms with Crippen molar-refractivity contribution < 1.29 is 19.4 Å². The molecule has 0 saturated carbocycles. The molecule has 0 atom stereocenters. The Kier molecular flexibility index (Phi) is 7.72. The predicted octanol–water partition coefficient (Wildman–Crippen LogP) is 5.41. The molecule has 1 saturated heterocycles. The number of aromatic amines is 1. The number of hydrogen-bond acceptors (Lipinski definition) is 4. The molecular weight excluding hydrogens is 490 g/mol. The maximum absolute atomic E-state index is 13.4. The molecule has 0 radical (unpaired) electrons. The van der Waals surface area contributed by atoms with E-state index < -0.39 is 5.97 Å². The molecule has 2 aromatic carbocycles. The SMILES string of the molecule is O=C(O)c1[nH]c2cc(Cl)ccc2c1CN1CCC2(CCCCc3ccccc3OCCCNC2=O)CC1. The quantitative estimate of drug-likeness (QED) is 0.426.